The number of hydrogen-bond donors (Lipinski definition) is 0. The van der Waals surface area contributed by atoms with Crippen LogP contribution in [0, 0.1) is 96.3 Å². The molecule has 147 heavy (non-hydrogen) atoms. The highest BCUT2D eigenvalue weighted by Crippen LogP contribution is 2.45. The molecule has 5 aromatic heterocycles. The van der Waals surface area contributed by atoms with Gasteiger partial charge in [0.05, 0.1) is 54.7 Å². The average molecular weight is 1980 g/mol. The Bertz CT molecular complexity index is 7430. The van der Waals surface area contributed by atoms with E-state index in [-0.39, 0.29) is 47.3 Å². The molecule has 0 radical (unpaired) electrons. The number of pyridine rings is 5. The molecule has 5 nitrogen and oxygen atoms in total. The second-order valence-corrected chi connectivity index (χ2v) is 54.7. The molecule has 0 N–H and O–H groups in total. The first kappa shape index (κ1) is 117. The summed E-state index contributed by atoms with van der Waals surface area (Å²) >= 11 is 0. The summed E-state index contributed by atoms with van der Waals surface area (Å²) in [6.07, 6.45) is 6.43. The lowest BCUT2D eigenvalue weighted by Crippen LogP contribution is -2.35. The summed E-state index contributed by atoms with van der Waals surface area (Å²) in [5.41, 5.74) is 44.5. The van der Waals surface area contributed by atoms with Gasteiger partial charge in [0.25, 0.3) is 0 Å². The number of benzene rings is 10. The Kier molecular flexibility index (Phi) is 36.1. The average Bonchev–Trinajstić information content (AvgIpc) is 0.749. The summed E-state index contributed by atoms with van der Waals surface area (Å²) in [5.74, 6) is 1.46. The third kappa shape index (κ3) is 29.3. The molecule has 786 valence electrons. The van der Waals surface area contributed by atoms with Crippen molar-refractivity contribution in [3.63, 3.8) is 0 Å². The van der Waals surface area contributed by atoms with Gasteiger partial charge in [-0.05, 0) is 340 Å². The fourth-order valence-corrected chi connectivity index (χ4v) is 21.3. The second kappa shape index (κ2) is 45.6. The molecule has 0 unspecified atom stereocenters. The molecule has 5 heterocycles. The van der Waals surface area contributed by atoms with E-state index in [1.54, 1.807) is 0 Å². The summed E-state index contributed by atoms with van der Waals surface area (Å²) in [7, 11) is 10.6. The molecule has 0 aliphatic heterocycles. The van der Waals surface area contributed by atoms with Crippen LogP contribution in [0.25, 0.3) is 110 Å². The van der Waals surface area contributed by atoms with Gasteiger partial charge in [-0.15, -0.1) is 0 Å². The number of aryl methyl sites for hydroxylation is 6. The van der Waals surface area contributed by atoms with Crippen LogP contribution < -0.4 is 22.8 Å². The lowest BCUT2D eigenvalue weighted by Gasteiger charge is -2.28. The standard InChI is InChI=1S/C30H42N.2C28H38N.2C27H36N.2CH4/c1-20-25(17-23(29(5,6)7)18-26(20)30(8,9)10)27-24-13-12-21(19-28(2,3)4)16-22(24)14-15-31(27)11;1-18-13-23(28(7,8)9)16-25(20(18)3)26-24-12-11-21(17-27(4,5)6)15-22(24)14-19(2)29(26)10;1-18(2)23-15-25(19(3)4)20(5)26(16-23)27-24-11-10-21(17-28(6,7)8)14-22(24)12-13-29(27)9;1-18-10-12-22(27(6,7)8)16-24(18)25-23-13-11-20(17-26(3,4)5)15-21(23)14-19(2)28(25)9;1-17(2)22-12-18(3)20(5)25(15-22)26-24-11-10-21(16-27(6,7)8)14-23(24)13-19(4)28(26)9;;/h12-18H,19H2,1-11H3;11-16H,17H2,1-10H3;10-16,18-19H,17H2,1-9H3;10-16H,17H2,1-9H3;10-15,17H,16H2,1-9H3;2*1H4/q5*+1;;/i15D;;13D;;;;. The van der Waals surface area contributed by atoms with E-state index in [0.717, 1.165) is 54.3 Å². The molecule has 0 bridgehead atoms. The van der Waals surface area contributed by atoms with Crippen LogP contribution in [0.4, 0.5) is 0 Å². The number of hydrogen-bond acceptors (Lipinski definition) is 0. The van der Waals surface area contributed by atoms with Crippen molar-refractivity contribution in [3.8, 4) is 56.3 Å². The highest BCUT2D eigenvalue weighted by atomic mass is 15.0. The van der Waals surface area contributed by atoms with E-state index >= 15 is 0 Å². The molecular formula is C142H198N5+5. The first-order valence-corrected chi connectivity index (χ1v) is 54.3. The van der Waals surface area contributed by atoms with E-state index in [9.17, 15) is 0 Å². The Morgan fingerprint density at radius 3 is 0.830 bits per heavy atom. The van der Waals surface area contributed by atoms with Crippen LogP contribution in [0.3, 0.4) is 0 Å². The molecule has 15 rings (SSSR count). The van der Waals surface area contributed by atoms with Crippen molar-refractivity contribution in [2.24, 2.45) is 62.3 Å². The minimum atomic E-state index is 0. The van der Waals surface area contributed by atoms with Gasteiger partial charge in [-0.3, -0.25) is 0 Å². The predicted octanol–water partition coefficient (Wildman–Crippen LogP) is 37.5. The maximum Gasteiger partial charge on any atom is 0.220 e. The topological polar surface area (TPSA) is 19.4 Å². The van der Waals surface area contributed by atoms with Crippen LogP contribution in [0.1, 0.15) is 387 Å². The first-order valence-electron chi connectivity index (χ1n) is 55.3. The zero-order valence-corrected chi connectivity index (χ0v) is 99.9. The Morgan fingerprint density at radius 2 is 0.517 bits per heavy atom. The van der Waals surface area contributed by atoms with Crippen molar-refractivity contribution >= 4 is 53.9 Å². The third-order valence-corrected chi connectivity index (χ3v) is 29.8. The van der Waals surface area contributed by atoms with Gasteiger partial charge < -0.3 is 0 Å². The van der Waals surface area contributed by atoms with Crippen LogP contribution in [0.2, 0.25) is 0 Å². The SMILES string of the molecule is C.C.Cc1cc(C(C)(C)C)cc(-c2c3ccc(CC(C)(C)C)cc3cc(C)[n+]2C)c1C.Cc1cc(C(C)C)cc(-c2c3ccc(CC(C)(C)C)cc3cc(C)[n+]2C)c1C.Cc1ccc(C(C)(C)C)cc1-c1c2ccc(CC(C)(C)C)cc2cc(C)[n+]1C.[2H]c1cc2cc(CC(C)(C)C)ccc2c(-c2cc(C(C)(C)C)cc(C(C)(C)C)c2C)[n+]1C.[2H]c1cc2cc(CC(C)(C)C)ccc2c(-c2cc(C(C)C)cc(C(C)C)c2C)[n+]1C. The van der Waals surface area contributed by atoms with Crippen LogP contribution in [-0.2, 0) is 89.0 Å². The van der Waals surface area contributed by atoms with Crippen molar-refractivity contribution in [1.82, 2.24) is 0 Å². The molecule has 0 saturated carbocycles. The molecule has 5 heteroatoms. The highest BCUT2D eigenvalue weighted by Gasteiger charge is 2.33. The van der Waals surface area contributed by atoms with E-state index in [0.29, 0.717) is 46.3 Å². The van der Waals surface area contributed by atoms with Gasteiger partial charge in [-0.1, -0.05) is 340 Å². The maximum absolute atomic E-state index is 8.73. The molecule has 0 atom stereocenters. The summed E-state index contributed by atoms with van der Waals surface area (Å²) in [6.45, 7) is 97.9. The molecular weight excluding hydrogens is 1780 g/mol. The lowest BCUT2D eigenvalue weighted by molar-refractivity contribution is -0.665. The van der Waals surface area contributed by atoms with Crippen LogP contribution in [0.15, 0.2) is 200 Å². The van der Waals surface area contributed by atoms with Gasteiger partial charge in [-0.2, -0.15) is 13.7 Å². The van der Waals surface area contributed by atoms with E-state index in [4.69, 9.17) is 2.74 Å². The van der Waals surface area contributed by atoms with E-state index < -0.39 is 0 Å². The molecule has 15 aromatic rings. The minimum absolute atomic E-state index is 0. The van der Waals surface area contributed by atoms with Crippen LogP contribution in [-0.4, -0.2) is 0 Å². The minimum Gasteiger partial charge on any atom is -0.200 e. The molecule has 0 amide bonds. The smallest absolute Gasteiger partial charge is 0.200 e. The zero-order valence-electron chi connectivity index (χ0n) is 102. The number of fused-ring (bicyclic) bond motifs is 5. The monoisotopic (exact) mass is 1980 g/mol. The van der Waals surface area contributed by atoms with Crippen molar-refractivity contribution in [3.05, 3.63) is 323 Å². The fourth-order valence-electron chi connectivity index (χ4n) is 21.3. The summed E-state index contributed by atoms with van der Waals surface area (Å²) in [6, 6.07) is 71.8. The van der Waals surface area contributed by atoms with Gasteiger partial charge in [0.15, 0.2) is 29.4 Å². The largest absolute Gasteiger partial charge is 0.220 e. The Hall–Kier alpha value is -10.8. The van der Waals surface area contributed by atoms with Crippen molar-refractivity contribution in [1.29, 1.82) is 0 Å². The molecule has 0 aliphatic carbocycles. The molecule has 0 aliphatic rings. The number of rotatable bonds is 13. The van der Waals surface area contributed by atoms with Gasteiger partial charge >= 0.3 is 0 Å². The summed E-state index contributed by atoms with van der Waals surface area (Å²) < 4.78 is 28.5. The molecule has 0 spiro atoms. The van der Waals surface area contributed by atoms with Gasteiger partial charge in [-0.25, -0.2) is 9.13 Å². The first-order chi connectivity index (χ1) is 67.5. The van der Waals surface area contributed by atoms with E-state index in [1.165, 1.54) is 211 Å². The predicted molar refractivity (Wildman–Crippen MR) is 646 cm³/mol. The van der Waals surface area contributed by atoms with Crippen LogP contribution >= 0.6 is 0 Å². The summed E-state index contributed by atoms with van der Waals surface area (Å²) in [5, 5.41) is 12.8. The van der Waals surface area contributed by atoms with E-state index in [2.05, 4.69) is 508 Å². The summed E-state index contributed by atoms with van der Waals surface area (Å²) in [4.78, 5) is 0. The van der Waals surface area contributed by atoms with Gasteiger partial charge in [0.1, 0.15) is 38.0 Å². The zero-order chi connectivity index (χ0) is 110. The highest BCUT2D eigenvalue weighted by molar-refractivity contribution is 5.99. The fraction of sp³-hybridized carbons (Fsp3) is 0.472. The maximum atomic E-state index is 8.73. The normalized spacial score (nSPS) is 12.6. The number of nitrogens with zero attached hydrogens (tertiary/aromatic N) is 5. The third-order valence-electron chi connectivity index (χ3n) is 29.8. The Labute approximate surface area is 899 Å². The Morgan fingerprint density at radius 1 is 0.238 bits per heavy atom. The van der Waals surface area contributed by atoms with Gasteiger partial charge in [0, 0.05) is 51.1 Å². The van der Waals surface area contributed by atoms with Crippen molar-refractivity contribution < 1.29 is 25.6 Å². The van der Waals surface area contributed by atoms with Gasteiger partial charge in [0.2, 0.25) is 28.5 Å². The Balaban J connectivity index is 0.000000206. The number of aromatic nitrogens is 5. The van der Waals surface area contributed by atoms with Crippen molar-refractivity contribution in [2.75, 3.05) is 0 Å². The van der Waals surface area contributed by atoms with Crippen molar-refractivity contribution in [2.45, 2.75) is 384 Å². The molecule has 0 fully saturated rings. The second-order valence-electron chi connectivity index (χ2n) is 54.7. The van der Waals surface area contributed by atoms with Crippen LogP contribution in [0.5, 0.6) is 0 Å². The van der Waals surface area contributed by atoms with E-state index in [1.807, 2.05) is 35.4 Å². The quantitative estimate of drug-likeness (QED) is 0.103. The lowest BCUT2D eigenvalue weighted by atomic mass is 9.76. The molecule has 0 saturated heterocycles. The molecule has 10 aromatic carbocycles.